The fourth-order valence-corrected chi connectivity index (χ4v) is 3.77. The van der Waals surface area contributed by atoms with Gasteiger partial charge in [0.05, 0.1) is 31.9 Å². The van der Waals surface area contributed by atoms with Crippen molar-refractivity contribution in [3.63, 3.8) is 0 Å². The highest BCUT2D eigenvalue weighted by molar-refractivity contribution is 7.12. The number of aryl methyl sites for hydroxylation is 2. The average molecular weight is 326 g/mol. The summed E-state index contributed by atoms with van der Waals surface area (Å²) in [6.45, 7) is 9.85. The maximum atomic E-state index is 12.5. The van der Waals surface area contributed by atoms with E-state index in [0.29, 0.717) is 25.6 Å². The Bertz CT molecular complexity index is 515. The molecule has 1 aliphatic rings. The second-order valence-corrected chi connectivity index (χ2v) is 7.62. The number of amides is 2. The number of rotatable bonds is 4. The molecule has 1 aliphatic heterocycles. The molecule has 0 radical (unpaired) electrons. The molecule has 0 unspecified atom stereocenters. The molecule has 2 heterocycles. The first-order chi connectivity index (χ1) is 10.4. The Morgan fingerprint density at radius 2 is 2.27 bits per heavy atom. The third-order valence-electron chi connectivity index (χ3n) is 3.99. The minimum atomic E-state index is -0.276. The van der Waals surface area contributed by atoms with Gasteiger partial charge in [-0.25, -0.2) is 4.79 Å². The molecule has 0 aromatic carbocycles. The van der Waals surface area contributed by atoms with Gasteiger partial charge in [0.2, 0.25) is 0 Å². The maximum Gasteiger partial charge on any atom is 0.318 e. The van der Waals surface area contributed by atoms with Gasteiger partial charge in [0.15, 0.2) is 0 Å². The number of aliphatic hydroxyl groups excluding tert-OH is 1. The van der Waals surface area contributed by atoms with Crippen LogP contribution in [-0.4, -0.2) is 48.4 Å². The molecule has 22 heavy (non-hydrogen) atoms. The van der Waals surface area contributed by atoms with E-state index in [1.54, 1.807) is 16.2 Å². The number of nitrogens with zero attached hydrogens (tertiary/aromatic N) is 1. The fraction of sp³-hybridized carbons (Fsp3) is 0.688. The minimum absolute atomic E-state index is 0.00729. The summed E-state index contributed by atoms with van der Waals surface area (Å²) in [5.41, 5.74) is 1.21. The number of carbonyl (C=O) groups excluding carboxylic acids is 1. The van der Waals surface area contributed by atoms with Crippen molar-refractivity contribution in [1.29, 1.82) is 0 Å². The predicted octanol–water partition coefficient (Wildman–Crippen LogP) is 2.46. The van der Waals surface area contributed by atoms with Crippen molar-refractivity contribution in [3.05, 3.63) is 21.4 Å². The van der Waals surface area contributed by atoms with E-state index in [1.165, 1.54) is 15.3 Å². The highest BCUT2D eigenvalue weighted by atomic mass is 32.1. The summed E-state index contributed by atoms with van der Waals surface area (Å²) in [6, 6.07) is 2.09. The van der Waals surface area contributed by atoms with Crippen LogP contribution in [-0.2, 0) is 4.74 Å². The molecule has 1 aromatic heterocycles. The minimum Gasteiger partial charge on any atom is -0.394 e. The van der Waals surface area contributed by atoms with Gasteiger partial charge >= 0.3 is 6.03 Å². The Hall–Kier alpha value is -1.11. The second kappa shape index (κ2) is 7.44. The molecule has 0 spiro atoms. The maximum absolute atomic E-state index is 12.5. The normalized spacial score (nSPS) is 20.3. The monoisotopic (exact) mass is 326 g/mol. The van der Waals surface area contributed by atoms with Gasteiger partial charge in [0.25, 0.3) is 0 Å². The number of ether oxygens (including phenoxy) is 1. The lowest BCUT2D eigenvalue weighted by Gasteiger charge is -2.34. The van der Waals surface area contributed by atoms with Gasteiger partial charge < -0.3 is 20.1 Å². The Labute approximate surface area is 136 Å². The average Bonchev–Trinajstić information content (AvgIpc) is 2.82. The first-order valence-electron chi connectivity index (χ1n) is 7.77. The molecule has 0 bridgehead atoms. The molecule has 5 nitrogen and oxygen atoms in total. The number of urea groups is 1. The predicted molar refractivity (Wildman–Crippen MR) is 88.3 cm³/mol. The van der Waals surface area contributed by atoms with Crippen LogP contribution in [0.4, 0.5) is 4.79 Å². The Balaban J connectivity index is 2.08. The first-order valence-corrected chi connectivity index (χ1v) is 8.58. The van der Waals surface area contributed by atoms with E-state index in [4.69, 9.17) is 4.74 Å². The molecule has 2 amide bonds. The zero-order chi connectivity index (χ0) is 16.3. The van der Waals surface area contributed by atoms with Crippen LogP contribution in [0.15, 0.2) is 6.07 Å². The molecule has 2 rings (SSSR count). The lowest BCUT2D eigenvalue weighted by atomic mass is 9.96. The van der Waals surface area contributed by atoms with Crippen LogP contribution in [0, 0.1) is 19.8 Å². The van der Waals surface area contributed by atoms with E-state index in [-0.39, 0.29) is 24.8 Å². The van der Waals surface area contributed by atoms with E-state index >= 15 is 0 Å². The van der Waals surface area contributed by atoms with Crippen molar-refractivity contribution in [1.82, 2.24) is 10.2 Å². The number of hydrogen-bond donors (Lipinski definition) is 2. The lowest BCUT2D eigenvalue weighted by molar-refractivity contribution is -0.0406. The molecule has 1 saturated heterocycles. The summed E-state index contributed by atoms with van der Waals surface area (Å²) < 4.78 is 5.40. The molecule has 6 heteroatoms. The number of morpholine rings is 1. The first kappa shape index (κ1) is 17.2. The fourth-order valence-electron chi connectivity index (χ4n) is 2.80. The van der Waals surface area contributed by atoms with Crippen molar-refractivity contribution in [3.8, 4) is 0 Å². The van der Waals surface area contributed by atoms with Gasteiger partial charge in [-0.15, -0.1) is 11.3 Å². The lowest BCUT2D eigenvalue weighted by Crippen LogP contribution is -2.51. The van der Waals surface area contributed by atoms with Crippen molar-refractivity contribution in [2.75, 3.05) is 26.3 Å². The SMILES string of the molecule is Cc1cc([C@@H](NC(=O)N2CCO[C@H](CO)C2)C(C)C)c(C)s1. The number of aliphatic hydroxyl groups is 1. The van der Waals surface area contributed by atoms with Crippen LogP contribution in [0.25, 0.3) is 0 Å². The number of nitrogens with one attached hydrogen (secondary N) is 1. The zero-order valence-corrected chi connectivity index (χ0v) is 14.6. The number of thiophene rings is 1. The molecule has 124 valence electrons. The van der Waals surface area contributed by atoms with Crippen LogP contribution in [0.5, 0.6) is 0 Å². The van der Waals surface area contributed by atoms with Crippen LogP contribution in [0.3, 0.4) is 0 Å². The topological polar surface area (TPSA) is 61.8 Å². The summed E-state index contributed by atoms with van der Waals surface area (Å²) in [6.07, 6.45) is -0.276. The van der Waals surface area contributed by atoms with Gasteiger partial charge in [0, 0.05) is 16.3 Å². The van der Waals surface area contributed by atoms with E-state index in [1.807, 2.05) is 0 Å². The highest BCUT2D eigenvalue weighted by Gasteiger charge is 2.27. The number of hydrogen-bond acceptors (Lipinski definition) is 4. The molecule has 2 atom stereocenters. The Morgan fingerprint density at radius 1 is 1.55 bits per heavy atom. The van der Waals surface area contributed by atoms with Crippen molar-refractivity contribution in [2.24, 2.45) is 5.92 Å². The molecule has 1 fully saturated rings. The van der Waals surface area contributed by atoms with Crippen LogP contribution >= 0.6 is 11.3 Å². The molecule has 0 saturated carbocycles. The summed E-state index contributed by atoms with van der Waals surface area (Å²) in [4.78, 5) is 16.8. The van der Waals surface area contributed by atoms with E-state index in [2.05, 4.69) is 39.1 Å². The molecule has 0 aliphatic carbocycles. The third kappa shape index (κ3) is 4.00. The van der Waals surface area contributed by atoms with E-state index < -0.39 is 0 Å². The van der Waals surface area contributed by atoms with Gasteiger partial charge in [-0.3, -0.25) is 0 Å². The molecule has 1 aromatic rings. The molecular weight excluding hydrogens is 300 g/mol. The van der Waals surface area contributed by atoms with Gasteiger partial charge in [0.1, 0.15) is 0 Å². The Kier molecular flexibility index (Phi) is 5.83. The summed E-state index contributed by atoms with van der Waals surface area (Å²) in [7, 11) is 0. The molecular formula is C16H26N2O3S. The standard InChI is InChI=1S/C16H26N2O3S/c1-10(2)15(14-7-11(3)22-12(14)4)17-16(20)18-5-6-21-13(8-18)9-19/h7,10,13,15,19H,5-6,8-9H2,1-4H3,(H,17,20)/t13-,15-/m0/s1. The second-order valence-electron chi connectivity index (χ2n) is 6.16. The van der Waals surface area contributed by atoms with Crippen molar-refractivity contribution < 1.29 is 14.6 Å². The highest BCUT2D eigenvalue weighted by Crippen LogP contribution is 2.30. The summed E-state index contributed by atoms with van der Waals surface area (Å²) in [5, 5.41) is 12.4. The zero-order valence-electron chi connectivity index (χ0n) is 13.8. The summed E-state index contributed by atoms with van der Waals surface area (Å²) in [5.74, 6) is 0.311. The quantitative estimate of drug-likeness (QED) is 0.893. The smallest absolute Gasteiger partial charge is 0.318 e. The van der Waals surface area contributed by atoms with Crippen molar-refractivity contribution >= 4 is 17.4 Å². The van der Waals surface area contributed by atoms with E-state index in [0.717, 1.165) is 0 Å². The Morgan fingerprint density at radius 3 is 2.82 bits per heavy atom. The van der Waals surface area contributed by atoms with Gasteiger partial charge in [-0.05, 0) is 31.4 Å². The van der Waals surface area contributed by atoms with Crippen LogP contribution in [0.2, 0.25) is 0 Å². The largest absolute Gasteiger partial charge is 0.394 e. The van der Waals surface area contributed by atoms with Crippen LogP contribution in [0.1, 0.15) is 35.2 Å². The number of carbonyl (C=O) groups is 1. The van der Waals surface area contributed by atoms with Crippen LogP contribution < -0.4 is 5.32 Å². The van der Waals surface area contributed by atoms with Gasteiger partial charge in [-0.1, -0.05) is 13.8 Å². The summed E-state index contributed by atoms with van der Waals surface area (Å²) >= 11 is 1.76. The molecule has 2 N–H and O–H groups in total. The van der Waals surface area contributed by atoms with Gasteiger partial charge in [-0.2, -0.15) is 0 Å². The van der Waals surface area contributed by atoms with Crippen molar-refractivity contribution in [2.45, 2.75) is 39.8 Å². The van der Waals surface area contributed by atoms with E-state index in [9.17, 15) is 9.90 Å². The third-order valence-corrected chi connectivity index (χ3v) is 4.97.